The number of nitrogens with zero attached hydrogens (tertiary/aromatic N) is 1. The van der Waals surface area contributed by atoms with E-state index in [1.807, 2.05) is 48.0 Å². The normalized spacial score (nSPS) is 10.5. The number of rotatable bonds is 5. The first-order chi connectivity index (χ1) is 11.2. The summed E-state index contributed by atoms with van der Waals surface area (Å²) in [5.41, 5.74) is 2.71. The van der Waals surface area contributed by atoms with Gasteiger partial charge >= 0.3 is 5.97 Å². The number of esters is 1. The fraction of sp³-hybridized carbons (Fsp3) is 0.176. The van der Waals surface area contributed by atoms with Crippen molar-refractivity contribution in [3.05, 3.63) is 57.2 Å². The number of aryl methyl sites for hydroxylation is 1. The number of methoxy groups -OCH3 is 1. The minimum Gasteiger partial charge on any atom is -0.497 e. The molecular weight excluding hydrogens is 330 g/mol. The van der Waals surface area contributed by atoms with E-state index in [4.69, 9.17) is 9.47 Å². The molecule has 0 atom stereocenters. The Balaban J connectivity index is 1.65. The van der Waals surface area contributed by atoms with Crippen molar-refractivity contribution >= 4 is 28.6 Å². The van der Waals surface area contributed by atoms with Crippen molar-refractivity contribution in [3.8, 4) is 16.3 Å². The molecule has 0 unspecified atom stereocenters. The van der Waals surface area contributed by atoms with E-state index < -0.39 is 0 Å². The van der Waals surface area contributed by atoms with Gasteiger partial charge in [0.2, 0.25) is 0 Å². The summed E-state index contributed by atoms with van der Waals surface area (Å²) in [6, 6.07) is 9.63. The fourth-order valence-corrected chi connectivity index (χ4v) is 3.65. The Morgan fingerprint density at radius 1 is 1.17 bits per heavy atom. The molecule has 0 aliphatic rings. The lowest BCUT2D eigenvalue weighted by atomic mass is 10.2. The predicted octanol–water partition coefficient (Wildman–Crippen LogP) is 4.55. The summed E-state index contributed by atoms with van der Waals surface area (Å²) in [4.78, 5) is 17.2. The van der Waals surface area contributed by atoms with Gasteiger partial charge in [-0.1, -0.05) is 0 Å². The number of aromatic nitrogens is 1. The number of hydrogen-bond donors (Lipinski definition) is 0. The molecule has 0 amide bonds. The second-order valence-corrected chi connectivity index (χ2v) is 6.66. The standard InChI is InChI=1S/C17H15NO3S2/c1-11-7-8-22-15(11)17(19)21-9-13-10-23-16(18-13)12-3-5-14(20-2)6-4-12/h3-8,10H,9H2,1-2H3. The van der Waals surface area contributed by atoms with Crippen molar-refractivity contribution in [1.82, 2.24) is 4.98 Å². The van der Waals surface area contributed by atoms with Gasteiger partial charge in [-0.15, -0.1) is 22.7 Å². The van der Waals surface area contributed by atoms with E-state index in [2.05, 4.69) is 4.98 Å². The number of carbonyl (C=O) groups excluding carboxylic acids is 1. The van der Waals surface area contributed by atoms with Crippen molar-refractivity contribution in [1.29, 1.82) is 0 Å². The first-order valence-electron chi connectivity index (χ1n) is 6.97. The van der Waals surface area contributed by atoms with E-state index in [1.165, 1.54) is 22.7 Å². The van der Waals surface area contributed by atoms with Crippen LogP contribution in [0.1, 0.15) is 20.9 Å². The third kappa shape index (κ3) is 3.60. The van der Waals surface area contributed by atoms with Crippen molar-refractivity contribution in [2.45, 2.75) is 13.5 Å². The highest BCUT2D eigenvalue weighted by atomic mass is 32.1. The Morgan fingerprint density at radius 2 is 1.96 bits per heavy atom. The molecule has 0 fully saturated rings. The number of carbonyl (C=O) groups is 1. The molecule has 0 aliphatic heterocycles. The molecule has 0 N–H and O–H groups in total. The molecule has 23 heavy (non-hydrogen) atoms. The summed E-state index contributed by atoms with van der Waals surface area (Å²) >= 11 is 2.92. The Bertz CT molecular complexity index is 805. The van der Waals surface area contributed by atoms with Crippen molar-refractivity contribution < 1.29 is 14.3 Å². The molecule has 0 spiro atoms. The van der Waals surface area contributed by atoms with Gasteiger partial charge in [-0.25, -0.2) is 9.78 Å². The Morgan fingerprint density at radius 3 is 2.61 bits per heavy atom. The number of thiophene rings is 1. The van der Waals surface area contributed by atoms with E-state index in [0.29, 0.717) is 4.88 Å². The van der Waals surface area contributed by atoms with Crippen LogP contribution in [0, 0.1) is 6.92 Å². The van der Waals surface area contributed by atoms with Gasteiger partial charge in [-0.3, -0.25) is 0 Å². The maximum absolute atomic E-state index is 12.0. The lowest BCUT2D eigenvalue weighted by Gasteiger charge is -2.02. The van der Waals surface area contributed by atoms with Crippen LogP contribution >= 0.6 is 22.7 Å². The monoisotopic (exact) mass is 345 g/mol. The molecule has 3 aromatic rings. The van der Waals surface area contributed by atoms with Gasteiger partial charge in [0.05, 0.1) is 12.8 Å². The summed E-state index contributed by atoms with van der Waals surface area (Å²) in [7, 11) is 1.64. The third-order valence-corrected chi connectivity index (χ3v) is 5.22. The minimum atomic E-state index is -0.295. The summed E-state index contributed by atoms with van der Waals surface area (Å²) < 4.78 is 10.5. The zero-order valence-corrected chi connectivity index (χ0v) is 14.4. The highest BCUT2D eigenvalue weighted by molar-refractivity contribution is 7.13. The number of hydrogen-bond acceptors (Lipinski definition) is 6. The number of ether oxygens (including phenoxy) is 2. The average molecular weight is 345 g/mol. The molecule has 2 aromatic heterocycles. The van der Waals surface area contributed by atoms with Crippen LogP contribution in [0.2, 0.25) is 0 Å². The van der Waals surface area contributed by atoms with Crippen LogP contribution in [0.25, 0.3) is 10.6 Å². The van der Waals surface area contributed by atoms with Gasteiger partial charge in [0.25, 0.3) is 0 Å². The first-order valence-corrected chi connectivity index (χ1v) is 8.73. The second-order valence-electron chi connectivity index (χ2n) is 4.88. The van der Waals surface area contributed by atoms with Crippen molar-refractivity contribution in [2.24, 2.45) is 0 Å². The lowest BCUT2D eigenvalue weighted by Crippen LogP contribution is -2.04. The summed E-state index contributed by atoms with van der Waals surface area (Å²) in [5.74, 6) is 0.516. The summed E-state index contributed by atoms with van der Waals surface area (Å²) in [6.07, 6.45) is 0. The van der Waals surface area contributed by atoms with Crippen LogP contribution < -0.4 is 4.74 Å². The number of thiazole rings is 1. The van der Waals surface area contributed by atoms with E-state index in [0.717, 1.165) is 27.6 Å². The first kappa shape index (κ1) is 15.7. The predicted molar refractivity (Wildman–Crippen MR) is 92.3 cm³/mol. The number of benzene rings is 1. The molecule has 6 heteroatoms. The van der Waals surface area contributed by atoms with Gasteiger partial charge in [-0.2, -0.15) is 0 Å². The molecule has 2 heterocycles. The molecule has 0 bridgehead atoms. The molecule has 3 rings (SSSR count). The SMILES string of the molecule is COc1ccc(-c2nc(COC(=O)c3sccc3C)cs2)cc1. The molecule has 0 aliphatic carbocycles. The molecule has 0 saturated carbocycles. The van der Waals surface area contributed by atoms with E-state index in [-0.39, 0.29) is 12.6 Å². The van der Waals surface area contributed by atoms with Gasteiger partial charge in [0.1, 0.15) is 22.2 Å². The molecule has 0 radical (unpaired) electrons. The molecular formula is C17H15NO3S2. The topological polar surface area (TPSA) is 48.4 Å². The fourth-order valence-electron chi connectivity index (χ4n) is 2.03. The van der Waals surface area contributed by atoms with Gasteiger partial charge in [0, 0.05) is 10.9 Å². The van der Waals surface area contributed by atoms with Crippen molar-refractivity contribution in [2.75, 3.05) is 7.11 Å². The van der Waals surface area contributed by atoms with Gasteiger partial charge in [0.15, 0.2) is 0 Å². The summed E-state index contributed by atoms with van der Waals surface area (Å²) in [6.45, 7) is 2.08. The minimum absolute atomic E-state index is 0.183. The Hall–Kier alpha value is -2.18. The van der Waals surface area contributed by atoms with Gasteiger partial charge in [-0.05, 0) is 48.2 Å². The molecule has 1 aromatic carbocycles. The largest absolute Gasteiger partial charge is 0.497 e. The maximum atomic E-state index is 12.0. The maximum Gasteiger partial charge on any atom is 0.348 e. The van der Waals surface area contributed by atoms with E-state index in [1.54, 1.807) is 7.11 Å². The highest BCUT2D eigenvalue weighted by Gasteiger charge is 2.13. The molecule has 118 valence electrons. The van der Waals surface area contributed by atoms with Crippen LogP contribution in [-0.4, -0.2) is 18.1 Å². The van der Waals surface area contributed by atoms with Crippen LogP contribution in [-0.2, 0) is 11.3 Å². The smallest absolute Gasteiger partial charge is 0.348 e. The average Bonchev–Trinajstić information content (AvgIpc) is 3.22. The molecule has 0 saturated heterocycles. The van der Waals surface area contributed by atoms with Crippen LogP contribution in [0.5, 0.6) is 5.75 Å². The van der Waals surface area contributed by atoms with Crippen LogP contribution in [0.4, 0.5) is 0 Å². The lowest BCUT2D eigenvalue weighted by molar-refractivity contribution is 0.0473. The van der Waals surface area contributed by atoms with Crippen molar-refractivity contribution in [3.63, 3.8) is 0 Å². The van der Waals surface area contributed by atoms with E-state index in [9.17, 15) is 4.79 Å². The Kier molecular flexibility index (Phi) is 4.73. The second kappa shape index (κ2) is 6.93. The molecule has 4 nitrogen and oxygen atoms in total. The third-order valence-electron chi connectivity index (χ3n) is 3.29. The van der Waals surface area contributed by atoms with Gasteiger partial charge < -0.3 is 9.47 Å². The zero-order valence-electron chi connectivity index (χ0n) is 12.7. The zero-order chi connectivity index (χ0) is 16.2. The van der Waals surface area contributed by atoms with Crippen LogP contribution in [0.3, 0.4) is 0 Å². The quantitative estimate of drug-likeness (QED) is 0.637. The Labute approximate surface area is 142 Å². The van der Waals surface area contributed by atoms with E-state index >= 15 is 0 Å². The highest BCUT2D eigenvalue weighted by Crippen LogP contribution is 2.26. The summed E-state index contributed by atoms with van der Waals surface area (Å²) in [5, 5.41) is 4.69. The van der Waals surface area contributed by atoms with Crippen LogP contribution in [0.15, 0.2) is 41.1 Å².